The van der Waals surface area contributed by atoms with E-state index in [1.165, 1.54) is 0 Å². The van der Waals surface area contributed by atoms with Crippen LogP contribution in [0.15, 0.2) is 53.5 Å². The van der Waals surface area contributed by atoms with Crippen LogP contribution in [0.25, 0.3) is 10.8 Å². The molecule has 0 aromatic heterocycles. The van der Waals surface area contributed by atoms with Crippen LogP contribution in [0.4, 0.5) is 5.69 Å². The second kappa shape index (κ2) is 7.26. The SMILES string of the molecule is COc1cc(C)c(C=Nc2cccc3ccccc23)c(OC)c1OC. The molecule has 4 nitrogen and oxygen atoms in total. The van der Waals surface area contributed by atoms with E-state index in [-0.39, 0.29) is 0 Å². The average molecular weight is 335 g/mol. The van der Waals surface area contributed by atoms with Gasteiger partial charge in [-0.2, -0.15) is 0 Å². The molecular weight excluding hydrogens is 314 g/mol. The van der Waals surface area contributed by atoms with Gasteiger partial charge in [0.1, 0.15) is 0 Å². The molecule has 0 saturated heterocycles. The summed E-state index contributed by atoms with van der Waals surface area (Å²) in [5.74, 6) is 1.82. The number of rotatable bonds is 5. The Labute approximate surface area is 147 Å². The molecule has 3 aromatic rings. The third-order valence-corrected chi connectivity index (χ3v) is 4.17. The molecule has 0 aliphatic carbocycles. The first kappa shape index (κ1) is 16.8. The first-order valence-electron chi connectivity index (χ1n) is 8.01. The number of ether oxygens (including phenoxy) is 3. The maximum absolute atomic E-state index is 5.57. The zero-order valence-corrected chi connectivity index (χ0v) is 14.9. The van der Waals surface area contributed by atoms with E-state index in [1.807, 2.05) is 43.5 Å². The highest BCUT2D eigenvalue weighted by Crippen LogP contribution is 2.41. The van der Waals surface area contributed by atoms with Crippen molar-refractivity contribution in [1.82, 2.24) is 0 Å². The Hall–Kier alpha value is -3.01. The normalized spacial score (nSPS) is 11.0. The van der Waals surface area contributed by atoms with Crippen molar-refractivity contribution < 1.29 is 14.2 Å². The van der Waals surface area contributed by atoms with Gasteiger partial charge in [0.15, 0.2) is 11.5 Å². The number of hydrogen-bond acceptors (Lipinski definition) is 4. The van der Waals surface area contributed by atoms with Gasteiger partial charge in [-0.05, 0) is 30.0 Å². The molecule has 0 aliphatic heterocycles. The number of fused-ring (bicyclic) bond motifs is 1. The molecule has 0 amide bonds. The van der Waals surface area contributed by atoms with Crippen LogP contribution in [-0.4, -0.2) is 27.5 Å². The zero-order valence-electron chi connectivity index (χ0n) is 14.9. The van der Waals surface area contributed by atoms with Gasteiger partial charge in [-0.3, -0.25) is 4.99 Å². The van der Waals surface area contributed by atoms with Gasteiger partial charge in [-0.25, -0.2) is 0 Å². The Morgan fingerprint density at radius 1 is 0.840 bits per heavy atom. The Morgan fingerprint density at radius 3 is 2.28 bits per heavy atom. The van der Waals surface area contributed by atoms with E-state index in [2.05, 4.69) is 18.2 Å². The molecule has 3 aromatic carbocycles. The minimum atomic E-state index is 0.565. The number of nitrogens with zero attached hydrogens (tertiary/aromatic N) is 1. The zero-order chi connectivity index (χ0) is 17.8. The Bertz CT molecular complexity index is 927. The van der Waals surface area contributed by atoms with E-state index in [4.69, 9.17) is 19.2 Å². The van der Waals surface area contributed by atoms with Gasteiger partial charge in [-0.15, -0.1) is 0 Å². The first-order chi connectivity index (χ1) is 12.2. The fourth-order valence-electron chi connectivity index (χ4n) is 2.92. The van der Waals surface area contributed by atoms with Crippen molar-refractivity contribution in [2.24, 2.45) is 4.99 Å². The molecule has 0 spiro atoms. The lowest BCUT2D eigenvalue weighted by Gasteiger charge is -2.16. The lowest BCUT2D eigenvalue weighted by molar-refractivity contribution is 0.323. The van der Waals surface area contributed by atoms with Crippen LogP contribution in [0.1, 0.15) is 11.1 Å². The van der Waals surface area contributed by atoms with E-state index < -0.39 is 0 Å². The largest absolute Gasteiger partial charge is 0.493 e. The van der Waals surface area contributed by atoms with Crippen LogP contribution >= 0.6 is 0 Å². The van der Waals surface area contributed by atoms with Gasteiger partial charge in [-0.1, -0.05) is 36.4 Å². The summed E-state index contributed by atoms with van der Waals surface area (Å²) in [6, 6.07) is 16.2. The molecule has 0 unspecified atom stereocenters. The minimum absolute atomic E-state index is 0.565. The highest BCUT2D eigenvalue weighted by Gasteiger charge is 2.17. The molecule has 4 heteroatoms. The molecule has 0 atom stereocenters. The standard InChI is InChI=1S/C21H21NO3/c1-14-12-19(23-2)21(25-4)20(24-3)17(14)13-22-18-11-7-9-15-8-5-6-10-16(15)18/h5-13H,1-4H3. The summed E-state index contributed by atoms with van der Waals surface area (Å²) in [7, 11) is 4.83. The summed E-state index contributed by atoms with van der Waals surface area (Å²) in [5, 5.41) is 2.27. The van der Waals surface area contributed by atoms with Crippen LogP contribution < -0.4 is 14.2 Å². The van der Waals surface area contributed by atoms with E-state index in [0.29, 0.717) is 17.2 Å². The second-order valence-electron chi connectivity index (χ2n) is 5.63. The Kier molecular flexibility index (Phi) is 4.89. The van der Waals surface area contributed by atoms with E-state index in [1.54, 1.807) is 21.3 Å². The van der Waals surface area contributed by atoms with Crippen molar-refractivity contribution in [3.05, 3.63) is 59.7 Å². The summed E-state index contributed by atoms with van der Waals surface area (Å²) in [6.45, 7) is 1.99. The Morgan fingerprint density at radius 2 is 1.56 bits per heavy atom. The summed E-state index contributed by atoms with van der Waals surface area (Å²) in [6.07, 6.45) is 1.82. The van der Waals surface area contributed by atoms with Crippen LogP contribution in [0, 0.1) is 6.92 Å². The molecule has 0 bridgehead atoms. The highest BCUT2D eigenvalue weighted by atomic mass is 16.5. The molecule has 0 radical (unpaired) electrons. The van der Waals surface area contributed by atoms with E-state index in [0.717, 1.165) is 27.6 Å². The van der Waals surface area contributed by atoms with Crippen molar-refractivity contribution >= 4 is 22.7 Å². The number of aliphatic imine (C=N–C) groups is 1. The lowest BCUT2D eigenvalue weighted by Crippen LogP contribution is -2.01. The lowest BCUT2D eigenvalue weighted by atomic mass is 10.1. The maximum atomic E-state index is 5.57. The smallest absolute Gasteiger partial charge is 0.203 e. The third-order valence-electron chi connectivity index (χ3n) is 4.17. The number of aryl methyl sites for hydroxylation is 1. The molecule has 0 heterocycles. The molecular formula is C21H21NO3. The van der Waals surface area contributed by atoms with Crippen molar-refractivity contribution in [1.29, 1.82) is 0 Å². The molecule has 128 valence electrons. The molecule has 0 N–H and O–H groups in total. The summed E-state index contributed by atoms with van der Waals surface area (Å²) >= 11 is 0. The van der Waals surface area contributed by atoms with Gasteiger partial charge in [0, 0.05) is 17.2 Å². The number of benzene rings is 3. The van der Waals surface area contributed by atoms with E-state index in [9.17, 15) is 0 Å². The van der Waals surface area contributed by atoms with Crippen molar-refractivity contribution in [3.8, 4) is 17.2 Å². The molecule has 0 saturated carbocycles. The Balaban J connectivity index is 2.12. The van der Waals surface area contributed by atoms with Crippen molar-refractivity contribution in [2.45, 2.75) is 6.92 Å². The molecule has 3 rings (SSSR count). The summed E-state index contributed by atoms with van der Waals surface area (Å²) in [4.78, 5) is 4.70. The predicted molar refractivity (Wildman–Crippen MR) is 102 cm³/mol. The van der Waals surface area contributed by atoms with Crippen molar-refractivity contribution in [3.63, 3.8) is 0 Å². The summed E-state index contributed by atoms with van der Waals surface area (Å²) < 4.78 is 16.4. The second-order valence-corrected chi connectivity index (χ2v) is 5.63. The minimum Gasteiger partial charge on any atom is -0.493 e. The van der Waals surface area contributed by atoms with Gasteiger partial charge in [0.05, 0.1) is 27.0 Å². The molecule has 0 fully saturated rings. The van der Waals surface area contributed by atoms with Gasteiger partial charge in [0.25, 0.3) is 0 Å². The first-order valence-corrected chi connectivity index (χ1v) is 8.01. The molecule has 0 aliphatic rings. The highest BCUT2D eigenvalue weighted by molar-refractivity contribution is 5.96. The van der Waals surface area contributed by atoms with E-state index >= 15 is 0 Å². The topological polar surface area (TPSA) is 40.0 Å². The van der Waals surface area contributed by atoms with Crippen LogP contribution in [0.2, 0.25) is 0 Å². The van der Waals surface area contributed by atoms with Crippen LogP contribution in [0.5, 0.6) is 17.2 Å². The van der Waals surface area contributed by atoms with Crippen LogP contribution in [0.3, 0.4) is 0 Å². The number of hydrogen-bond donors (Lipinski definition) is 0. The maximum Gasteiger partial charge on any atom is 0.203 e. The number of methoxy groups -OCH3 is 3. The fourth-order valence-corrected chi connectivity index (χ4v) is 2.92. The molecule has 25 heavy (non-hydrogen) atoms. The van der Waals surface area contributed by atoms with Crippen LogP contribution in [-0.2, 0) is 0 Å². The fraction of sp³-hybridized carbons (Fsp3) is 0.190. The average Bonchev–Trinajstić information content (AvgIpc) is 2.66. The van der Waals surface area contributed by atoms with Crippen molar-refractivity contribution in [2.75, 3.05) is 21.3 Å². The van der Waals surface area contributed by atoms with Gasteiger partial charge >= 0.3 is 0 Å². The third kappa shape index (κ3) is 3.15. The van der Waals surface area contributed by atoms with Gasteiger partial charge in [0.2, 0.25) is 5.75 Å². The van der Waals surface area contributed by atoms with Gasteiger partial charge < -0.3 is 14.2 Å². The summed E-state index contributed by atoms with van der Waals surface area (Å²) in [5.41, 5.74) is 2.78. The monoisotopic (exact) mass is 335 g/mol. The quantitative estimate of drug-likeness (QED) is 0.621. The predicted octanol–water partition coefficient (Wildman–Crippen LogP) is 4.92.